The van der Waals surface area contributed by atoms with Gasteiger partial charge in [-0.05, 0) is 57.8 Å². The van der Waals surface area contributed by atoms with E-state index in [0.29, 0.717) is 19.3 Å². The third-order valence-corrected chi connectivity index (χ3v) is 11.8. The van der Waals surface area contributed by atoms with Crippen LogP contribution in [-0.2, 0) is 14.3 Å². The van der Waals surface area contributed by atoms with Crippen molar-refractivity contribution in [3.63, 3.8) is 0 Å². The Hall–Kier alpha value is -1.66. The number of aliphatic hydroxyl groups is 2. The third-order valence-electron chi connectivity index (χ3n) is 11.8. The second kappa shape index (κ2) is 46.4. The number of hydrogen-bond acceptors (Lipinski definition) is 5. The first kappa shape index (κ1) is 56.3. The van der Waals surface area contributed by atoms with Gasteiger partial charge in [0.15, 0.2) is 0 Å². The van der Waals surface area contributed by atoms with Gasteiger partial charge in [0, 0.05) is 6.42 Å². The predicted molar refractivity (Wildman–Crippen MR) is 250 cm³/mol. The quantitative estimate of drug-likeness (QED) is 0.0323. The van der Waals surface area contributed by atoms with Crippen LogP contribution in [0.5, 0.6) is 0 Å². The minimum atomic E-state index is -0.784. The van der Waals surface area contributed by atoms with E-state index >= 15 is 0 Å². The number of hydrogen-bond donors (Lipinski definition) is 3. The Morgan fingerprint density at radius 3 is 1.34 bits per heavy atom. The molecule has 0 aromatic rings. The number of ether oxygens (including phenoxy) is 1. The second-order valence-corrected chi connectivity index (χ2v) is 17.6. The van der Waals surface area contributed by atoms with Gasteiger partial charge in [-0.15, -0.1) is 0 Å². The van der Waals surface area contributed by atoms with Crippen molar-refractivity contribution in [2.45, 2.75) is 289 Å². The first-order valence-electron chi connectivity index (χ1n) is 25.6. The van der Waals surface area contributed by atoms with Crippen molar-refractivity contribution in [2.24, 2.45) is 0 Å². The molecule has 3 unspecified atom stereocenters. The van der Waals surface area contributed by atoms with Gasteiger partial charge in [-0.2, -0.15) is 0 Å². The molecule has 0 spiro atoms. The van der Waals surface area contributed by atoms with Crippen molar-refractivity contribution in [1.29, 1.82) is 0 Å². The minimum absolute atomic E-state index is 0.0772. The van der Waals surface area contributed by atoms with Gasteiger partial charge in [0.25, 0.3) is 0 Å². The zero-order valence-corrected chi connectivity index (χ0v) is 38.9. The Bertz CT molecular complexity index is 919. The maximum Gasteiger partial charge on any atom is 0.306 e. The van der Waals surface area contributed by atoms with E-state index in [1.165, 1.54) is 154 Å². The van der Waals surface area contributed by atoms with Crippen molar-refractivity contribution in [1.82, 2.24) is 5.32 Å². The molecule has 0 aromatic carbocycles. The van der Waals surface area contributed by atoms with Crippen LogP contribution in [0, 0.1) is 0 Å². The summed E-state index contributed by atoms with van der Waals surface area (Å²) < 4.78 is 5.93. The summed E-state index contributed by atoms with van der Waals surface area (Å²) in [6.45, 7) is 6.45. The fraction of sp³-hybridized carbons (Fsp3) is 0.885. The summed E-state index contributed by atoms with van der Waals surface area (Å²) in [5.74, 6) is -0.469. The van der Waals surface area contributed by atoms with E-state index in [0.717, 1.165) is 70.6 Å². The topological polar surface area (TPSA) is 95.9 Å². The van der Waals surface area contributed by atoms with Gasteiger partial charge >= 0.3 is 5.97 Å². The minimum Gasteiger partial charge on any atom is -0.462 e. The first-order chi connectivity index (χ1) is 28.5. The van der Waals surface area contributed by atoms with Crippen LogP contribution in [0.15, 0.2) is 24.3 Å². The van der Waals surface area contributed by atoms with Crippen LogP contribution < -0.4 is 5.32 Å². The third kappa shape index (κ3) is 41.1. The maximum absolute atomic E-state index is 13.2. The molecule has 6 heteroatoms. The van der Waals surface area contributed by atoms with Crippen molar-refractivity contribution >= 4 is 11.9 Å². The molecule has 6 nitrogen and oxygen atoms in total. The first-order valence-corrected chi connectivity index (χ1v) is 25.6. The molecule has 1 amide bonds. The van der Waals surface area contributed by atoms with Crippen LogP contribution >= 0.6 is 0 Å². The molecule has 0 radical (unpaired) electrons. The summed E-state index contributed by atoms with van der Waals surface area (Å²) in [6, 6.07) is -0.698. The number of unbranched alkanes of at least 4 members (excludes halogenated alkanes) is 30. The molecule has 0 fully saturated rings. The lowest BCUT2D eigenvalue weighted by atomic mass is 10.0. The summed E-state index contributed by atoms with van der Waals surface area (Å²) in [7, 11) is 0. The Kier molecular flexibility index (Phi) is 45.1. The molecular formula is C52H99NO5. The van der Waals surface area contributed by atoms with Gasteiger partial charge in [0.05, 0.1) is 25.2 Å². The standard InChI is InChI=1S/C52H99NO5/c1-4-7-10-13-16-19-22-24-25-26-27-28-29-31-34-37-40-43-48(58-52(57)45-42-39-36-33-30-23-20-17-14-11-8-5-2)46-51(56)53-49(47-54)50(55)44-41-38-35-32-21-18-15-12-9-6-3/h16,19,24-25,48-50,54-55H,4-15,17-18,20-23,26-47H2,1-3H3,(H,53,56)/b19-16-,25-24-. The van der Waals surface area contributed by atoms with Crippen molar-refractivity contribution in [3.8, 4) is 0 Å². The summed E-state index contributed by atoms with van der Waals surface area (Å²) in [5, 5.41) is 23.7. The molecule has 0 aliphatic carbocycles. The largest absolute Gasteiger partial charge is 0.462 e. The molecule has 3 N–H and O–H groups in total. The fourth-order valence-corrected chi connectivity index (χ4v) is 7.87. The maximum atomic E-state index is 13.2. The highest BCUT2D eigenvalue weighted by Crippen LogP contribution is 2.18. The summed E-state index contributed by atoms with van der Waals surface area (Å²) in [5.41, 5.74) is 0. The molecule has 0 saturated heterocycles. The van der Waals surface area contributed by atoms with Gasteiger partial charge in [-0.25, -0.2) is 0 Å². The highest BCUT2D eigenvalue weighted by molar-refractivity contribution is 5.77. The lowest BCUT2D eigenvalue weighted by Gasteiger charge is -2.24. The lowest BCUT2D eigenvalue weighted by molar-refractivity contribution is -0.151. The SMILES string of the molecule is CCCCC/C=C\C/C=C\CCCCCCCCCC(CC(=O)NC(CO)C(O)CCCCCCCCCCCC)OC(=O)CCCCCCCCCCCCCC. The van der Waals surface area contributed by atoms with E-state index < -0.39 is 18.2 Å². The molecule has 0 heterocycles. The van der Waals surface area contributed by atoms with Crippen LogP contribution in [0.25, 0.3) is 0 Å². The van der Waals surface area contributed by atoms with Crippen LogP contribution in [0.3, 0.4) is 0 Å². The van der Waals surface area contributed by atoms with Crippen LogP contribution in [0.4, 0.5) is 0 Å². The van der Waals surface area contributed by atoms with Crippen LogP contribution in [0.2, 0.25) is 0 Å². The molecule has 0 aliphatic rings. The van der Waals surface area contributed by atoms with Gasteiger partial charge < -0.3 is 20.3 Å². The molecular weight excluding hydrogens is 719 g/mol. The average Bonchev–Trinajstić information content (AvgIpc) is 3.22. The van der Waals surface area contributed by atoms with E-state index in [-0.39, 0.29) is 24.9 Å². The number of esters is 1. The molecule has 0 bridgehead atoms. The van der Waals surface area contributed by atoms with E-state index in [1.807, 2.05) is 0 Å². The van der Waals surface area contributed by atoms with Crippen LogP contribution in [-0.4, -0.2) is 46.9 Å². The molecule has 0 aromatic heterocycles. The molecule has 58 heavy (non-hydrogen) atoms. The van der Waals surface area contributed by atoms with Crippen molar-refractivity contribution in [2.75, 3.05) is 6.61 Å². The van der Waals surface area contributed by atoms with E-state index in [4.69, 9.17) is 4.74 Å². The Morgan fingerprint density at radius 2 is 0.879 bits per heavy atom. The lowest BCUT2D eigenvalue weighted by Crippen LogP contribution is -2.46. The summed E-state index contributed by atoms with van der Waals surface area (Å²) in [4.78, 5) is 26.1. The molecule has 342 valence electrons. The number of nitrogens with one attached hydrogen (secondary N) is 1. The zero-order chi connectivity index (χ0) is 42.4. The number of carbonyl (C=O) groups is 2. The van der Waals surface area contributed by atoms with Gasteiger partial charge in [-0.1, -0.05) is 225 Å². The Labute approximate surface area is 361 Å². The predicted octanol–water partition coefficient (Wildman–Crippen LogP) is 15.1. The number of rotatable bonds is 46. The zero-order valence-electron chi connectivity index (χ0n) is 38.9. The Morgan fingerprint density at radius 1 is 0.500 bits per heavy atom. The normalized spacial score (nSPS) is 13.4. The average molecular weight is 818 g/mol. The smallest absolute Gasteiger partial charge is 0.306 e. The number of carbonyl (C=O) groups excluding carboxylic acids is 2. The summed E-state index contributed by atoms with van der Waals surface area (Å²) >= 11 is 0. The highest BCUT2D eigenvalue weighted by Gasteiger charge is 2.24. The molecule has 0 rings (SSSR count). The van der Waals surface area contributed by atoms with E-state index in [9.17, 15) is 19.8 Å². The fourth-order valence-electron chi connectivity index (χ4n) is 7.87. The van der Waals surface area contributed by atoms with Crippen molar-refractivity contribution < 1.29 is 24.5 Å². The van der Waals surface area contributed by atoms with E-state index in [1.54, 1.807) is 0 Å². The number of allylic oxidation sites excluding steroid dienone is 4. The number of aliphatic hydroxyl groups excluding tert-OH is 2. The molecule has 0 aliphatic heterocycles. The number of amides is 1. The highest BCUT2D eigenvalue weighted by atomic mass is 16.5. The van der Waals surface area contributed by atoms with Crippen LogP contribution in [0.1, 0.15) is 271 Å². The molecule has 3 atom stereocenters. The van der Waals surface area contributed by atoms with Gasteiger partial charge in [0.2, 0.25) is 5.91 Å². The molecule has 0 saturated carbocycles. The Balaban J connectivity index is 4.57. The van der Waals surface area contributed by atoms with Crippen molar-refractivity contribution in [3.05, 3.63) is 24.3 Å². The second-order valence-electron chi connectivity index (χ2n) is 17.6. The summed E-state index contributed by atoms with van der Waals surface area (Å²) in [6.07, 6.45) is 52.3. The van der Waals surface area contributed by atoms with Gasteiger partial charge in [0.1, 0.15) is 6.10 Å². The van der Waals surface area contributed by atoms with E-state index in [2.05, 4.69) is 50.4 Å². The van der Waals surface area contributed by atoms with Gasteiger partial charge in [-0.3, -0.25) is 9.59 Å². The monoisotopic (exact) mass is 818 g/mol.